The molecule has 0 fully saturated rings. The molecular formula is C16H22FNO. The zero-order chi connectivity index (χ0) is 14.3. The Balaban J connectivity index is 2.98. The largest absolute Gasteiger partial charge is 0.384 e. The summed E-state index contributed by atoms with van der Waals surface area (Å²) in [6, 6.07) is 5.16. The summed E-state index contributed by atoms with van der Waals surface area (Å²) in [5, 5.41) is 8.76. The quantitative estimate of drug-likeness (QED) is 0.826. The van der Waals surface area contributed by atoms with Crippen LogP contribution in [0.3, 0.4) is 0 Å². The second-order valence-electron chi connectivity index (χ2n) is 4.58. The van der Waals surface area contributed by atoms with Gasteiger partial charge in [-0.1, -0.05) is 31.8 Å². The van der Waals surface area contributed by atoms with Crippen LogP contribution < -0.4 is 0 Å². The lowest BCUT2D eigenvalue weighted by molar-refractivity contribution is 0.206. The van der Waals surface area contributed by atoms with Crippen LogP contribution in [-0.2, 0) is 6.54 Å². The maximum atomic E-state index is 13.3. The highest BCUT2D eigenvalue weighted by atomic mass is 19.1. The summed E-state index contributed by atoms with van der Waals surface area (Å²) in [4.78, 5) is 2.33. The number of nitrogens with zero attached hydrogens (tertiary/aromatic N) is 1. The summed E-state index contributed by atoms with van der Waals surface area (Å²) in [6.07, 6.45) is 1.08. The van der Waals surface area contributed by atoms with E-state index in [-0.39, 0.29) is 12.4 Å². The van der Waals surface area contributed by atoms with Crippen LogP contribution in [-0.4, -0.2) is 29.2 Å². The Hall–Kier alpha value is -1.37. The molecule has 0 aliphatic rings. The minimum atomic E-state index is -0.294. The highest BCUT2D eigenvalue weighted by Crippen LogP contribution is 2.15. The molecule has 1 unspecified atom stereocenters. The smallest absolute Gasteiger partial charge is 0.124 e. The van der Waals surface area contributed by atoms with E-state index in [9.17, 15) is 4.39 Å². The van der Waals surface area contributed by atoms with Gasteiger partial charge in [-0.3, -0.25) is 4.90 Å². The van der Waals surface area contributed by atoms with Gasteiger partial charge in [0, 0.05) is 18.2 Å². The molecule has 1 rings (SSSR count). The zero-order valence-corrected chi connectivity index (χ0v) is 11.9. The Labute approximate surface area is 115 Å². The molecule has 104 valence electrons. The average molecular weight is 263 g/mol. The van der Waals surface area contributed by atoms with E-state index in [0.29, 0.717) is 11.6 Å². The van der Waals surface area contributed by atoms with E-state index in [1.165, 1.54) is 12.1 Å². The van der Waals surface area contributed by atoms with Gasteiger partial charge < -0.3 is 5.11 Å². The van der Waals surface area contributed by atoms with Crippen LogP contribution in [0.25, 0.3) is 0 Å². The fourth-order valence-corrected chi connectivity index (χ4v) is 1.99. The molecule has 0 saturated carbocycles. The first-order chi connectivity index (χ1) is 9.12. The number of rotatable bonds is 5. The van der Waals surface area contributed by atoms with Crippen LogP contribution >= 0.6 is 0 Å². The molecule has 1 aromatic carbocycles. The highest BCUT2D eigenvalue weighted by molar-refractivity contribution is 5.41. The Morgan fingerprint density at radius 2 is 2.11 bits per heavy atom. The molecule has 0 aliphatic heterocycles. The van der Waals surface area contributed by atoms with E-state index in [1.54, 1.807) is 6.07 Å². The van der Waals surface area contributed by atoms with Gasteiger partial charge in [-0.15, -0.1) is 0 Å². The minimum absolute atomic E-state index is 0.210. The molecular weight excluding hydrogens is 241 g/mol. The van der Waals surface area contributed by atoms with Crippen molar-refractivity contribution in [3.63, 3.8) is 0 Å². The van der Waals surface area contributed by atoms with Gasteiger partial charge in [0.25, 0.3) is 0 Å². The number of aliphatic hydroxyl groups is 1. The van der Waals surface area contributed by atoms with Crippen LogP contribution in [0.2, 0.25) is 0 Å². The van der Waals surface area contributed by atoms with Crippen molar-refractivity contribution in [1.82, 2.24) is 4.90 Å². The molecule has 0 spiro atoms. The predicted octanol–water partition coefficient (Wildman–Crippen LogP) is 2.79. The zero-order valence-electron chi connectivity index (χ0n) is 11.9. The lowest BCUT2D eigenvalue weighted by Crippen LogP contribution is -2.32. The van der Waals surface area contributed by atoms with Crippen molar-refractivity contribution < 1.29 is 9.50 Å². The summed E-state index contributed by atoms with van der Waals surface area (Å²) in [6.45, 7) is 7.95. The van der Waals surface area contributed by atoms with Crippen molar-refractivity contribution in [2.45, 2.75) is 39.8 Å². The van der Waals surface area contributed by atoms with Crippen LogP contribution in [0.1, 0.15) is 38.3 Å². The lowest BCUT2D eigenvalue weighted by Gasteiger charge is -2.27. The van der Waals surface area contributed by atoms with E-state index >= 15 is 0 Å². The van der Waals surface area contributed by atoms with Gasteiger partial charge in [0.05, 0.1) is 0 Å². The molecule has 0 aromatic heterocycles. The third kappa shape index (κ3) is 4.66. The van der Waals surface area contributed by atoms with E-state index in [4.69, 9.17) is 5.11 Å². The van der Waals surface area contributed by atoms with Crippen LogP contribution in [0, 0.1) is 17.7 Å². The molecule has 0 radical (unpaired) electrons. The molecule has 1 aromatic rings. The summed E-state index contributed by atoms with van der Waals surface area (Å²) in [5.41, 5.74) is 1.67. The minimum Gasteiger partial charge on any atom is -0.384 e. The average Bonchev–Trinajstić information content (AvgIpc) is 2.43. The topological polar surface area (TPSA) is 23.5 Å². The standard InChI is InChI=1S/C16H22FNO/c1-4-13(3)18(5-2)12-15-8-9-16(17)11-14(15)7-6-10-19/h8-9,11,13,19H,4-5,10,12H2,1-3H3. The number of benzene rings is 1. The summed E-state index contributed by atoms with van der Waals surface area (Å²) in [7, 11) is 0. The molecule has 0 bridgehead atoms. The molecule has 0 aliphatic carbocycles. The Morgan fingerprint density at radius 1 is 1.37 bits per heavy atom. The van der Waals surface area contributed by atoms with Crippen LogP contribution in [0.4, 0.5) is 4.39 Å². The van der Waals surface area contributed by atoms with Gasteiger partial charge in [0.15, 0.2) is 0 Å². The van der Waals surface area contributed by atoms with Crippen molar-refractivity contribution in [3.05, 3.63) is 35.1 Å². The normalized spacial score (nSPS) is 12.1. The monoisotopic (exact) mass is 263 g/mol. The van der Waals surface area contributed by atoms with Crippen LogP contribution in [0.15, 0.2) is 18.2 Å². The van der Waals surface area contributed by atoms with Crippen molar-refractivity contribution in [2.24, 2.45) is 0 Å². The van der Waals surface area contributed by atoms with Gasteiger partial charge in [-0.25, -0.2) is 4.39 Å². The summed E-state index contributed by atoms with van der Waals surface area (Å²) < 4.78 is 13.3. The maximum absolute atomic E-state index is 13.3. The van der Waals surface area contributed by atoms with Gasteiger partial charge in [0.2, 0.25) is 0 Å². The molecule has 19 heavy (non-hydrogen) atoms. The van der Waals surface area contributed by atoms with Crippen molar-refractivity contribution in [2.75, 3.05) is 13.2 Å². The Kier molecular flexibility index (Phi) is 6.55. The van der Waals surface area contributed by atoms with Gasteiger partial charge in [-0.05, 0) is 37.6 Å². The van der Waals surface area contributed by atoms with Crippen molar-refractivity contribution in [1.29, 1.82) is 0 Å². The highest BCUT2D eigenvalue weighted by Gasteiger charge is 2.12. The molecule has 1 atom stereocenters. The fourth-order valence-electron chi connectivity index (χ4n) is 1.99. The van der Waals surface area contributed by atoms with Crippen molar-refractivity contribution in [3.8, 4) is 11.8 Å². The van der Waals surface area contributed by atoms with Gasteiger partial charge in [0.1, 0.15) is 12.4 Å². The van der Waals surface area contributed by atoms with Crippen molar-refractivity contribution >= 4 is 0 Å². The number of halogens is 1. The molecule has 0 amide bonds. The molecule has 0 saturated heterocycles. The summed E-state index contributed by atoms with van der Waals surface area (Å²) >= 11 is 0. The number of aliphatic hydroxyl groups excluding tert-OH is 1. The summed E-state index contributed by atoms with van der Waals surface area (Å²) in [5.74, 6) is 5.12. The number of hydrogen-bond donors (Lipinski definition) is 1. The van der Waals surface area contributed by atoms with E-state index < -0.39 is 0 Å². The first-order valence-electron chi connectivity index (χ1n) is 6.74. The first kappa shape index (κ1) is 15.7. The second kappa shape index (κ2) is 7.93. The maximum Gasteiger partial charge on any atom is 0.124 e. The molecule has 3 heteroatoms. The number of hydrogen-bond acceptors (Lipinski definition) is 2. The first-order valence-corrected chi connectivity index (χ1v) is 6.74. The SMILES string of the molecule is CCC(C)N(CC)Cc1ccc(F)cc1C#CCO. The fraction of sp³-hybridized carbons (Fsp3) is 0.500. The van der Waals surface area contributed by atoms with Gasteiger partial charge in [-0.2, -0.15) is 0 Å². The predicted molar refractivity (Wildman–Crippen MR) is 76.2 cm³/mol. The molecule has 0 heterocycles. The third-order valence-corrected chi connectivity index (χ3v) is 3.37. The molecule has 1 N–H and O–H groups in total. The van der Waals surface area contributed by atoms with E-state index in [0.717, 1.165) is 25.1 Å². The van der Waals surface area contributed by atoms with E-state index in [1.807, 2.05) is 0 Å². The second-order valence-corrected chi connectivity index (χ2v) is 4.58. The van der Waals surface area contributed by atoms with E-state index in [2.05, 4.69) is 37.5 Å². The Bertz CT molecular complexity index is 462. The molecule has 2 nitrogen and oxygen atoms in total. The van der Waals surface area contributed by atoms with Crippen LogP contribution in [0.5, 0.6) is 0 Å². The Morgan fingerprint density at radius 3 is 2.68 bits per heavy atom. The van der Waals surface area contributed by atoms with Gasteiger partial charge >= 0.3 is 0 Å². The third-order valence-electron chi connectivity index (χ3n) is 3.37. The lowest BCUT2D eigenvalue weighted by atomic mass is 10.1.